The van der Waals surface area contributed by atoms with Crippen molar-refractivity contribution >= 4 is 56.5 Å². The van der Waals surface area contributed by atoms with E-state index in [2.05, 4.69) is 4.72 Å². The van der Waals surface area contributed by atoms with Gasteiger partial charge in [0, 0.05) is 16.1 Å². The smallest absolute Gasteiger partial charge is 0.229 e. The Bertz CT molecular complexity index is 801. The molecule has 23 heavy (non-hydrogen) atoms. The molecule has 0 radical (unpaired) electrons. The second-order valence-corrected chi connectivity index (χ2v) is 8.26. The predicted octanol–water partition coefficient (Wildman–Crippen LogP) is 4.34. The molecule has 0 amide bonds. The first-order chi connectivity index (χ1) is 10.8. The number of ketones is 1. The Hall–Kier alpha value is -1.21. The van der Waals surface area contributed by atoms with Gasteiger partial charge in [0.1, 0.15) is 0 Å². The molecule has 2 aromatic rings. The molecule has 0 aromatic heterocycles. The van der Waals surface area contributed by atoms with Crippen LogP contribution in [0.25, 0.3) is 0 Å². The molecule has 8 heteroatoms. The zero-order valence-corrected chi connectivity index (χ0v) is 15.2. The van der Waals surface area contributed by atoms with E-state index in [4.69, 9.17) is 23.2 Å². The van der Waals surface area contributed by atoms with Crippen molar-refractivity contribution in [2.75, 3.05) is 16.7 Å². The summed E-state index contributed by atoms with van der Waals surface area (Å²) < 4.78 is 24.6. The largest absolute Gasteiger partial charge is 0.293 e. The van der Waals surface area contributed by atoms with Gasteiger partial charge < -0.3 is 0 Å². The molecule has 0 spiro atoms. The molecule has 0 heterocycles. The Morgan fingerprint density at radius 2 is 1.65 bits per heavy atom. The van der Waals surface area contributed by atoms with Crippen LogP contribution in [-0.2, 0) is 10.0 Å². The number of nitrogens with one attached hydrogen (secondary N) is 1. The van der Waals surface area contributed by atoms with E-state index in [1.165, 1.54) is 11.8 Å². The number of sulfonamides is 1. The van der Waals surface area contributed by atoms with Crippen molar-refractivity contribution in [3.8, 4) is 0 Å². The Morgan fingerprint density at radius 3 is 2.17 bits per heavy atom. The fraction of sp³-hybridized carbons (Fsp3) is 0.133. The van der Waals surface area contributed by atoms with Crippen molar-refractivity contribution in [2.45, 2.75) is 4.90 Å². The maximum Gasteiger partial charge on any atom is 0.229 e. The highest BCUT2D eigenvalue weighted by atomic mass is 35.5. The first-order valence-electron chi connectivity index (χ1n) is 6.44. The molecule has 122 valence electrons. The van der Waals surface area contributed by atoms with E-state index in [0.29, 0.717) is 26.2 Å². The molecule has 0 saturated heterocycles. The van der Waals surface area contributed by atoms with Crippen LogP contribution in [0.3, 0.4) is 0 Å². The highest BCUT2D eigenvalue weighted by Crippen LogP contribution is 2.34. The van der Waals surface area contributed by atoms with Crippen molar-refractivity contribution in [1.82, 2.24) is 0 Å². The number of thioether (sulfide) groups is 1. The summed E-state index contributed by atoms with van der Waals surface area (Å²) in [5.41, 5.74) is 0.894. The molecule has 0 saturated carbocycles. The molecular weight excluding hydrogens is 377 g/mol. The number of anilines is 1. The molecule has 0 aliphatic rings. The first-order valence-corrected chi connectivity index (χ1v) is 10.1. The highest BCUT2D eigenvalue weighted by Gasteiger charge is 2.11. The summed E-state index contributed by atoms with van der Waals surface area (Å²) in [5, 5.41) is 1.01. The molecular formula is C15H13Cl2NO3S2. The Kier molecular flexibility index (Phi) is 5.97. The van der Waals surface area contributed by atoms with Crippen molar-refractivity contribution in [1.29, 1.82) is 0 Å². The number of carbonyl (C=O) groups is 1. The van der Waals surface area contributed by atoms with Gasteiger partial charge in [-0.2, -0.15) is 0 Å². The average Bonchev–Trinajstić information content (AvgIpc) is 2.45. The van der Waals surface area contributed by atoms with Crippen molar-refractivity contribution in [2.24, 2.45) is 0 Å². The summed E-state index contributed by atoms with van der Waals surface area (Å²) in [5.74, 6) is 0.0827. The SMILES string of the molecule is CS(=O)(=O)Nc1ccc(C(=O)CSc2c(Cl)cccc2Cl)cc1. The van der Waals surface area contributed by atoms with Gasteiger partial charge in [-0.25, -0.2) is 8.42 Å². The van der Waals surface area contributed by atoms with Gasteiger partial charge in [0.2, 0.25) is 10.0 Å². The van der Waals surface area contributed by atoms with Crippen LogP contribution in [0.2, 0.25) is 10.0 Å². The summed E-state index contributed by atoms with van der Waals surface area (Å²) >= 11 is 13.4. The highest BCUT2D eigenvalue weighted by molar-refractivity contribution is 8.00. The molecule has 4 nitrogen and oxygen atoms in total. The Balaban J connectivity index is 2.04. The number of Topliss-reactive ketones (excluding diaryl/α,β-unsaturated/α-hetero) is 1. The minimum absolute atomic E-state index is 0.100. The maximum absolute atomic E-state index is 12.2. The monoisotopic (exact) mass is 389 g/mol. The van der Waals surface area contributed by atoms with Crippen LogP contribution in [0.1, 0.15) is 10.4 Å². The van der Waals surface area contributed by atoms with Gasteiger partial charge in [0.05, 0.1) is 22.1 Å². The van der Waals surface area contributed by atoms with Crippen molar-refractivity contribution in [3.05, 3.63) is 58.1 Å². The van der Waals surface area contributed by atoms with Crippen LogP contribution in [0, 0.1) is 0 Å². The zero-order valence-electron chi connectivity index (χ0n) is 12.0. The normalized spacial score (nSPS) is 11.3. The predicted molar refractivity (Wildman–Crippen MR) is 96.4 cm³/mol. The average molecular weight is 390 g/mol. The minimum Gasteiger partial charge on any atom is -0.293 e. The molecule has 0 aliphatic heterocycles. The standard InChI is InChI=1S/C15H13Cl2NO3S2/c1-23(20,21)18-11-7-5-10(6-8-11)14(19)9-22-15-12(16)3-2-4-13(15)17/h2-8,18H,9H2,1H3. The summed E-state index contributed by atoms with van der Waals surface area (Å²) in [7, 11) is -3.33. The fourth-order valence-electron chi connectivity index (χ4n) is 1.78. The molecule has 2 rings (SSSR count). The zero-order chi connectivity index (χ0) is 17.0. The summed E-state index contributed by atoms with van der Waals surface area (Å²) in [6.45, 7) is 0. The number of hydrogen-bond acceptors (Lipinski definition) is 4. The summed E-state index contributed by atoms with van der Waals surface area (Å²) in [6.07, 6.45) is 1.07. The number of carbonyl (C=O) groups excluding carboxylic acids is 1. The molecule has 0 aliphatic carbocycles. The van der Waals surface area contributed by atoms with Gasteiger partial charge >= 0.3 is 0 Å². The van der Waals surface area contributed by atoms with E-state index in [1.54, 1.807) is 42.5 Å². The topological polar surface area (TPSA) is 63.2 Å². The van der Waals surface area contributed by atoms with E-state index in [-0.39, 0.29) is 11.5 Å². The third kappa shape index (κ3) is 5.42. The number of halogens is 2. The molecule has 0 bridgehead atoms. The lowest BCUT2D eigenvalue weighted by molar-refractivity contribution is 0.102. The Morgan fingerprint density at radius 1 is 1.09 bits per heavy atom. The lowest BCUT2D eigenvalue weighted by atomic mass is 10.1. The van der Waals surface area contributed by atoms with Crippen LogP contribution < -0.4 is 4.72 Å². The molecule has 0 unspecified atom stereocenters. The molecule has 1 N–H and O–H groups in total. The van der Waals surface area contributed by atoms with Crippen molar-refractivity contribution in [3.63, 3.8) is 0 Å². The van der Waals surface area contributed by atoms with Crippen LogP contribution in [0.4, 0.5) is 5.69 Å². The summed E-state index contributed by atoms with van der Waals surface area (Å²) in [6, 6.07) is 11.4. The lowest BCUT2D eigenvalue weighted by Gasteiger charge is -2.07. The second kappa shape index (κ2) is 7.57. The number of benzene rings is 2. The first kappa shape index (κ1) is 18.1. The van der Waals surface area contributed by atoms with E-state index < -0.39 is 10.0 Å². The van der Waals surface area contributed by atoms with Gasteiger partial charge in [0.15, 0.2) is 5.78 Å². The molecule has 0 fully saturated rings. The maximum atomic E-state index is 12.2. The van der Waals surface area contributed by atoms with E-state index in [9.17, 15) is 13.2 Å². The molecule has 0 atom stereocenters. The number of rotatable bonds is 6. The summed E-state index contributed by atoms with van der Waals surface area (Å²) in [4.78, 5) is 12.9. The van der Waals surface area contributed by atoms with Crippen LogP contribution in [-0.4, -0.2) is 26.2 Å². The van der Waals surface area contributed by atoms with Gasteiger partial charge in [-0.15, -0.1) is 11.8 Å². The number of hydrogen-bond donors (Lipinski definition) is 1. The van der Waals surface area contributed by atoms with E-state index >= 15 is 0 Å². The molecule has 2 aromatic carbocycles. The van der Waals surface area contributed by atoms with Crippen LogP contribution in [0.15, 0.2) is 47.4 Å². The van der Waals surface area contributed by atoms with Crippen molar-refractivity contribution < 1.29 is 13.2 Å². The fourth-order valence-corrected chi connectivity index (χ4v) is 3.92. The van der Waals surface area contributed by atoms with Gasteiger partial charge in [-0.1, -0.05) is 29.3 Å². The van der Waals surface area contributed by atoms with Gasteiger partial charge in [0.25, 0.3) is 0 Å². The van der Waals surface area contributed by atoms with Gasteiger partial charge in [-0.05, 0) is 36.4 Å². The lowest BCUT2D eigenvalue weighted by Crippen LogP contribution is -2.10. The third-order valence-corrected chi connectivity index (χ3v) is 5.37. The minimum atomic E-state index is -3.33. The van der Waals surface area contributed by atoms with E-state index in [1.807, 2.05) is 0 Å². The quantitative estimate of drug-likeness (QED) is 0.589. The third-order valence-electron chi connectivity index (χ3n) is 2.78. The van der Waals surface area contributed by atoms with Gasteiger partial charge in [-0.3, -0.25) is 9.52 Å². The Labute approximate surface area is 149 Å². The van der Waals surface area contributed by atoms with E-state index in [0.717, 1.165) is 6.26 Å². The van der Waals surface area contributed by atoms with Crippen LogP contribution in [0.5, 0.6) is 0 Å². The van der Waals surface area contributed by atoms with Crippen LogP contribution >= 0.6 is 35.0 Å². The second-order valence-electron chi connectivity index (χ2n) is 4.71.